The van der Waals surface area contributed by atoms with Crippen LogP contribution in [-0.2, 0) is 19.1 Å². The summed E-state index contributed by atoms with van der Waals surface area (Å²) in [6.45, 7) is 10.4. The van der Waals surface area contributed by atoms with Crippen LogP contribution in [0.2, 0.25) is 0 Å². The Balaban J connectivity index is 1.32. The van der Waals surface area contributed by atoms with Gasteiger partial charge < -0.3 is 55.6 Å². The SMILES string of the molecule is CC1(CO)CC(O)C2(C(=O)O)CCC3(C)C(=CCC4C5(C)C(CC6CNC(=O)C6)C(O)C(OC6OCC(O)C(O)C6O)C(C)(CO)C5CCC43C)C2C1. The monoisotopic (exact) mass is 749 g/mol. The van der Waals surface area contributed by atoms with Gasteiger partial charge >= 0.3 is 5.97 Å². The number of carboxylic acid groups (broad SMARTS) is 1. The number of carbonyl (C=O) groups excluding carboxylic acids is 1. The number of ether oxygens (including phenoxy) is 2. The van der Waals surface area contributed by atoms with Gasteiger partial charge in [-0.25, -0.2) is 0 Å². The molecule has 6 fully saturated rings. The highest BCUT2D eigenvalue weighted by atomic mass is 16.7. The second kappa shape index (κ2) is 13.2. The molecule has 2 aliphatic heterocycles. The fourth-order valence-electron chi connectivity index (χ4n) is 13.9. The molecule has 0 aromatic heterocycles. The lowest BCUT2D eigenvalue weighted by Gasteiger charge is -2.73. The number of rotatable bonds is 7. The van der Waals surface area contributed by atoms with E-state index in [0.29, 0.717) is 51.5 Å². The molecule has 2 saturated heterocycles. The van der Waals surface area contributed by atoms with E-state index < -0.39 is 87.8 Å². The van der Waals surface area contributed by atoms with Crippen LogP contribution >= 0.6 is 0 Å². The summed E-state index contributed by atoms with van der Waals surface area (Å²) in [5, 5.41) is 91.3. The predicted octanol–water partition coefficient (Wildman–Crippen LogP) is 1.34. The molecule has 0 bridgehead atoms. The number of fused-ring (bicyclic) bond motifs is 7. The summed E-state index contributed by atoms with van der Waals surface area (Å²) < 4.78 is 12.1. The molecule has 2 heterocycles. The highest BCUT2D eigenvalue weighted by Crippen LogP contribution is 2.77. The van der Waals surface area contributed by atoms with Crippen LogP contribution in [0.15, 0.2) is 11.6 Å². The molecule has 0 radical (unpaired) electrons. The van der Waals surface area contributed by atoms with E-state index in [1.807, 2.05) is 13.8 Å². The Morgan fingerprint density at radius 1 is 0.943 bits per heavy atom. The molecular weight excluding hydrogens is 686 g/mol. The molecule has 7 aliphatic rings. The lowest BCUT2D eigenvalue weighted by atomic mass is 9.31. The lowest BCUT2D eigenvalue weighted by molar-refractivity contribution is -0.340. The van der Waals surface area contributed by atoms with Crippen molar-refractivity contribution in [3.63, 3.8) is 0 Å². The number of aliphatic carboxylic acids is 1. The third-order valence-electron chi connectivity index (χ3n) is 17.2. The molecule has 1 amide bonds. The van der Waals surface area contributed by atoms with E-state index in [1.54, 1.807) is 0 Å². The third-order valence-corrected chi connectivity index (χ3v) is 17.2. The molecule has 18 unspecified atom stereocenters. The van der Waals surface area contributed by atoms with Gasteiger partial charge in [-0.3, -0.25) is 9.59 Å². The summed E-state index contributed by atoms with van der Waals surface area (Å²) >= 11 is 0. The maximum absolute atomic E-state index is 13.2. The van der Waals surface area contributed by atoms with Crippen LogP contribution in [0.5, 0.6) is 0 Å². The quantitative estimate of drug-likeness (QED) is 0.133. The number of nitrogens with one attached hydrogen (secondary N) is 1. The molecule has 53 heavy (non-hydrogen) atoms. The summed E-state index contributed by atoms with van der Waals surface area (Å²) in [4.78, 5) is 25.7. The maximum Gasteiger partial charge on any atom is 0.312 e. The Kier molecular flexibility index (Phi) is 9.85. The minimum atomic E-state index is -1.58. The minimum Gasteiger partial charge on any atom is -0.481 e. The molecule has 5 aliphatic carbocycles. The van der Waals surface area contributed by atoms with Crippen LogP contribution in [0.25, 0.3) is 0 Å². The predicted molar refractivity (Wildman–Crippen MR) is 190 cm³/mol. The Labute approximate surface area is 312 Å². The number of aliphatic hydroxyl groups excluding tert-OH is 7. The van der Waals surface area contributed by atoms with Crippen molar-refractivity contribution in [2.75, 3.05) is 26.4 Å². The van der Waals surface area contributed by atoms with E-state index in [2.05, 4.69) is 32.2 Å². The largest absolute Gasteiger partial charge is 0.481 e. The van der Waals surface area contributed by atoms with Crippen molar-refractivity contribution >= 4 is 11.9 Å². The number of carboxylic acids is 1. The Hall–Kier alpha value is -1.68. The highest BCUT2D eigenvalue weighted by Gasteiger charge is 2.74. The number of aliphatic hydroxyl groups is 7. The van der Waals surface area contributed by atoms with Crippen LogP contribution in [-0.4, -0.2) is 122 Å². The molecule has 0 aromatic carbocycles. The van der Waals surface area contributed by atoms with Gasteiger partial charge in [0.25, 0.3) is 0 Å². The van der Waals surface area contributed by atoms with E-state index in [4.69, 9.17) is 9.47 Å². The zero-order valence-corrected chi connectivity index (χ0v) is 31.9. The number of hydrogen-bond donors (Lipinski definition) is 9. The van der Waals surface area contributed by atoms with Crippen molar-refractivity contribution in [2.45, 2.75) is 135 Å². The van der Waals surface area contributed by atoms with E-state index in [0.717, 1.165) is 12.0 Å². The van der Waals surface area contributed by atoms with Crippen molar-refractivity contribution in [1.82, 2.24) is 5.32 Å². The van der Waals surface area contributed by atoms with E-state index in [-0.39, 0.29) is 55.3 Å². The highest BCUT2D eigenvalue weighted by molar-refractivity contribution is 5.78. The number of hydrogen-bond acceptors (Lipinski definition) is 11. The van der Waals surface area contributed by atoms with Crippen LogP contribution in [0.4, 0.5) is 0 Å². The Morgan fingerprint density at radius 2 is 1.66 bits per heavy atom. The molecule has 13 nitrogen and oxygen atoms in total. The van der Waals surface area contributed by atoms with Crippen molar-refractivity contribution in [1.29, 1.82) is 0 Å². The van der Waals surface area contributed by atoms with Crippen LogP contribution in [0.1, 0.15) is 92.4 Å². The van der Waals surface area contributed by atoms with E-state index in [1.165, 1.54) is 0 Å². The normalized spacial score (nSPS) is 55.2. The second-order valence-electron chi connectivity index (χ2n) is 19.6. The van der Waals surface area contributed by atoms with Crippen LogP contribution < -0.4 is 5.32 Å². The first-order valence-corrected chi connectivity index (χ1v) is 19.9. The molecule has 0 spiro atoms. The van der Waals surface area contributed by atoms with Crippen molar-refractivity contribution < 1.29 is 59.9 Å². The van der Waals surface area contributed by atoms with Gasteiger partial charge in [-0.15, -0.1) is 0 Å². The van der Waals surface area contributed by atoms with Crippen LogP contribution in [0, 0.1) is 62.1 Å². The first-order chi connectivity index (χ1) is 24.8. The molecule has 0 aromatic rings. The topological polar surface area (TPSA) is 226 Å². The standard InChI is InChI=1S/C40H63NO12/c1-35(18-42)14-23-21-6-7-26-38(4,37(21,3)10-11-40(23,34(50)51)27(45)15-35)9-8-25-36(2,19-43)32(53-33-31(49)30(48)24(44)17-52-33)29(47)22(39(25,26)5)12-20-13-28(46)41-16-20/h6,20,22-27,29-33,42-45,47-49H,7-19H2,1-5H3,(H,41,46)(H,50,51). The molecule has 4 saturated carbocycles. The van der Waals surface area contributed by atoms with Crippen molar-refractivity contribution in [2.24, 2.45) is 62.1 Å². The molecule has 7 rings (SSSR count). The number of allylic oxidation sites excluding steroid dienone is 2. The van der Waals surface area contributed by atoms with Crippen molar-refractivity contribution in [3.8, 4) is 0 Å². The Morgan fingerprint density at radius 3 is 2.28 bits per heavy atom. The molecular formula is C40H63NO12. The fourth-order valence-corrected chi connectivity index (χ4v) is 13.9. The first-order valence-electron chi connectivity index (χ1n) is 19.9. The summed E-state index contributed by atoms with van der Waals surface area (Å²) in [5.74, 6) is -2.16. The van der Waals surface area contributed by atoms with Gasteiger partial charge in [0.05, 0.1) is 31.5 Å². The van der Waals surface area contributed by atoms with Gasteiger partial charge in [-0.1, -0.05) is 46.3 Å². The summed E-state index contributed by atoms with van der Waals surface area (Å²) in [6, 6.07) is 0. The van der Waals surface area contributed by atoms with Gasteiger partial charge in [0.15, 0.2) is 6.29 Å². The average Bonchev–Trinajstić information content (AvgIpc) is 3.52. The minimum absolute atomic E-state index is 0.0254. The van der Waals surface area contributed by atoms with Crippen LogP contribution in [0.3, 0.4) is 0 Å². The summed E-state index contributed by atoms with van der Waals surface area (Å²) in [6.07, 6.45) is -2.39. The van der Waals surface area contributed by atoms with Gasteiger partial charge in [0.1, 0.15) is 23.7 Å². The van der Waals surface area contributed by atoms with Crippen molar-refractivity contribution in [3.05, 3.63) is 11.6 Å². The van der Waals surface area contributed by atoms with Gasteiger partial charge in [0, 0.05) is 25.0 Å². The average molecular weight is 750 g/mol. The zero-order valence-electron chi connectivity index (χ0n) is 31.9. The first kappa shape index (κ1) is 39.6. The second-order valence-corrected chi connectivity index (χ2v) is 19.6. The number of carbonyl (C=O) groups is 2. The smallest absolute Gasteiger partial charge is 0.312 e. The third kappa shape index (κ3) is 5.41. The lowest BCUT2D eigenvalue weighted by Crippen LogP contribution is -2.72. The van der Waals surface area contributed by atoms with E-state index >= 15 is 0 Å². The summed E-state index contributed by atoms with van der Waals surface area (Å²) in [5.41, 5.74) is -3.37. The Bertz CT molecular complexity index is 1490. The van der Waals surface area contributed by atoms with Gasteiger partial charge in [-0.2, -0.15) is 0 Å². The van der Waals surface area contributed by atoms with Gasteiger partial charge in [-0.05, 0) is 103 Å². The van der Waals surface area contributed by atoms with Gasteiger partial charge in [0.2, 0.25) is 5.91 Å². The molecule has 300 valence electrons. The molecule has 9 N–H and O–H groups in total. The molecule has 18 atom stereocenters. The molecule has 13 heteroatoms. The summed E-state index contributed by atoms with van der Waals surface area (Å²) in [7, 11) is 0. The fraction of sp³-hybridized carbons (Fsp3) is 0.900. The zero-order chi connectivity index (χ0) is 38.7. The number of amides is 1. The van der Waals surface area contributed by atoms with E-state index in [9.17, 15) is 50.4 Å². The maximum atomic E-state index is 13.2.